The predicted molar refractivity (Wildman–Crippen MR) is 103 cm³/mol. The molecule has 1 aromatic rings. The fourth-order valence-corrected chi connectivity index (χ4v) is 5.39. The Bertz CT molecular complexity index is 559. The van der Waals surface area contributed by atoms with E-state index >= 15 is 0 Å². The molecule has 2 N–H and O–H groups in total. The first-order valence-electron chi connectivity index (χ1n) is 8.55. The van der Waals surface area contributed by atoms with Crippen molar-refractivity contribution in [1.82, 2.24) is 5.32 Å². The Hall–Kier alpha value is -1.34. The van der Waals surface area contributed by atoms with Crippen LogP contribution in [0.3, 0.4) is 0 Å². The van der Waals surface area contributed by atoms with Gasteiger partial charge in [-0.1, -0.05) is 25.5 Å². The van der Waals surface area contributed by atoms with Gasteiger partial charge in [-0.05, 0) is 42.0 Å². The molecule has 2 rings (SSSR count). The number of carbonyl (C=O) groups is 2. The second-order valence-corrected chi connectivity index (χ2v) is 8.64. The summed E-state index contributed by atoms with van der Waals surface area (Å²) in [7, 11) is 0. The zero-order valence-corrected chi connectivity index (χ0v) is 16.0. The fourth-order valence-electron chi connectivity index (χ4n) is 2.50. The van der Waals surface area contributed by atoms with Crippen molar-refractivity contribution in [2.24, 2.45) is 5.92 Å². The number of hydrogen-bond acceptors (Lipinski definition) is 5. The van der Waals surface area contributed by atoms with Crippen LogP contribution >= 0.6 is 23.5 Å². The molecule has 1 aromatic carbocycles. The maximum Gasteiger partial charge on any atom is 0.308 e. The van der Waals surface area contributed by atoms with Gasteiger partial charge in [0.25, 0.3) is 5.91 Å². The highest BCUT2D eigenvalue weighted by Gasteiger charge is 2.18. The van der Waals surface area contributed by atoms with Crippen LogP contribution in [0.2, 0.25) is 0 Å². The summed E-state index contributed by atoms with van der Waals surface area (Å²) in [6.07, 6.45) is 2.59. The summed E-state index contributed by atoms with van der Waals surface area (Å²) < 4.78 is 5.97. The number of aliphatic carboxylic acids is 1. The highest BCUT2D eigenvalue weighted by Crippen LogP contribution is 2.43. The van der Waals surface area contributed by atoms with Gasteiger partial charge in [-0.25, -0.2) is 0 Å². The van der Waals surface area contributed by atoms with Gasteiger partial charge in [-0.2, -0.15) is 0 Å². The Kier molecular flexibility index (Phi) is 8.48. The maximum absolute atomic E-state index is 11.8. The molecule has 0 aliphatic carbocycles. The first-order chi connectivity index (χ1) is 12.1. The van der Waals surface area contributed by atoms with E-state index in [1.807, 2.05) is 54.7 Å². The third kappa shape index (κ3) is 6.82. The third-order valence-electron chi connectivity index (χ3n) is 3.88. The van der Waals surface area contributed by atoms with Gasteiger partial charge in [-0.15, -0.1) is 23.5 Å². The van der Waals surface area contributed by atoms with Crippen LogP contribution in [0.5, 0.6) is 5.75 Å². The molecule has 0 radical (unpaired) electrons. The lowest BCUT2D eigenvalue weighted by Crippen LogP contribution is -2.35. The Labute approximate surface area is 157 Å². The van der Waals surface area contributed by atoms with Gasteiger partial charge in [0.05, 0.1) is 10.5 Å². The molecular weight excluding hydrogens is 358 g/mol. The number of nitrogens with one attached hydrogen (secondary N) is 1. The van der Waals surface area contributed by atoms with Crippen molar-refractivity contribution in [1.29, 1.82) is 0 Å². The number of rotatable bonds is 9. The molecule has 0 spiro atoms. The molecule has 0 aromatic heterocycles. The summed E-state index contributed by atoms with van der Waals surface area (Å²) in [5, 5.41) is 11.7. The summed E-state index contributed by atoms with van der Waals surface area (Å²) in [6, 6.07) is 7.86. The molecular formula is C18H25NO4S2. The van der Waals surface area contributed by atoms with Crippen molar-refractivity contribution in [3.05, 3.63) is 29.8 Å². The molecule has 0 saturated carbocycles. The van der Waals surface area contributed by atoms with Gasteiger partial charge < -0.3 is 15.2 Å². The average molecular weight is 384 g/mol. The van der Waals surface area contributed by atoms with Crippen LogP contribution in [-0.4, -0.2) is 41.6 Å². The van der Waals surface area contributed by atoms with E-state index in [4.69, 9.17) is 9.84 Å². The van der Waals surface area contributed by atoms with E-state index in [1.54, 1.807) is 0 Å². The molecule has 7 heteroatoms. The van der Waals surface area contributed by atoms with Gasteiger partial charge >= 0.3 is 5.97 Å². The smallest absolute Gasteiger partial charge is 0.308 e. The lowest BCUT2D eigenvalue weighted by atomic mass is 10.0. The van der Waals surface area contributed by atoms with Gasteiger partial charge in [0.1, 0.15) is 5.75 Å². The van der Waals surface area contributed by atoms with Crippen LogP contribution in [-0.2, 0) is 9.59 Å². The SMILES string of the molecule is CCCC(CNC(=O)COc1ccc(C2SCCCS2)cc1)C(=O)O. The minimum absolute atomic E-state index is 0.106. The molecule has 138 valence electrons. The average Bonchev–Trinajstić information content (AvgIpc) is 2.64. The highest BCUT2D eigenvalue weighted by molar-refractivity contribution is 8.16. The minimum atomic E-state index is -0.878. The lowest BCUT2D eigenvalue weighted by molar-refractivity contribution is -0.142. The molecule has 1 atom stereocenters. The van der Waals surface area contributed by atoms with E-state index in [0.717, 1.165) is 6.42 Å². The van der Waals surface area contributed by atoms with Crippen LogP contribution in [0, 0.1) is 5.92 Å². The molecule has 1 fully saturated rings. The molecule has 1 amide bonds. The minimum Gasteiger partial charge on any atom is -0.484 e. The normalized spacial score (nSPS) is 16.2. The second kappa shape index (κ2) is 10.6. The molecule has 1 unspecified atom stereocenters. The first kappa shape index (κ1) is 20.0. The number of carboxylic acids is 1. The van der Waals surface area contributed by atoms with Gasteiger partial charge in [0, 0.05) is 6.54 Å². The van der Waals surface area contributed by atoms with Crippen molar-refractivity contribution >= 4 is 35.4 Å². The van der Waals surface area contributed by atoms with Crippen LogP contribution in [0.1, 0.15) is 36.3 Å². The summed E-state index contributed by atoms with van der Waals surface area (Å²) in [5.74, 6) is 1.32. The lowest BCUT2D eigenvalue weighted by Gasteiger charge is -2.21. The zero-order valence-electron chi connectivity index (χ0n) is 14.4. The van der Waals surface area contributed by atoms with Crippen molar-refractivity contribution in [3.8, 4) is 5.75 Å². The van der Waals surface area contributed by atoms with E-state index in [1.165, 1.54) is 23.5 Å². The van der Waals surface area contributed by atoms with Crippen LogP contribution in [0.25, 0.3) is 0 Å². The Morgan fingerprint density at radius 3 is 2.56 bits per heavy atom. The van der Waals surface area contributed by atoms with Crippen molar-refractivity contribution in [2.75, 3.05) is 24.7 Å². The van der Waals surface area contributed by atoms with E-state index < -0.39 is 11.9 Å². The highest BCUT2D eigenvalue weighted by atomic mass is 32.2. The van der Waals surface area contributed by atoms with Crippen LogP contribution in [0.4, 0.5) is 0 Å². The molecule has 25 heavy (non-hydrogen) atoms. The van der Waals surface area contributed by atoms with Gasteiger partial charge in [0.2, 0.25) is 0 Å². The molecule has 1 aliphatic rings. The summed E-state index contributed by atoms with van der Waals surface area (Å²) in [5.41, 5.74) is 1.27. The van der Waals surface area contributed by atoms with Gasteiger partial charge in [-0.3, -0.25) is 9.59 Å². The van der Waals surface area contributed by atoms with Crippen molar-refractivity contribution in [2.45, 2.75) is 30.8 Å². The number of amides is 1. The summed E-state index contributed by atoms with van der Waals surface area (Å²) >= 11 is 3.93. The van der Waals surface area contributed by atoms with Crippen molar-refractivity contribution < 1.29 is 19.4 Å². The zero-order chi connectivity index (χ0) is 18.1. The number of ether oxygens (including phenoxy) is 1. The number of carbonyl (C=O) groups excluding carboxylic acids is 1. The number of thioether (sulfide) groups is 2. The number of benzene rings is 1. The number of hydrogen-bond donors (Lipinski definition) is 2. The van der Waals surface area contributed by atoms with E-state index in [2.05, 4.69) is 5.32 Å². The standard InChI is InChI=1S/C18H25NO4S2/c1-2-4-14(17(21)22)11-19-16(20)12-23-15-7-5-13(6-8-15)18-24-9-3-10-25-18/h5-8,14,18H,2-4,9-12H2,1H3,(H,19,20)(H,21,22). The maximum atomic E-state index is 11.8. The summed E-state index contributed by atoms with van der Waals surface area (Å²) in [4.78, 5) is 22.9. The quantitative estimate of drug-likeness (QED) is 0.679. The monoisotopic (exact) mass is 383 g/mol. The fraction of sp³-hybridized carbons (Fsp3) is 0.556. The van der Waals surface area contributed by atoms with E-state index in [0.29, 0.717) is 16.8 Å². The van der Waals surface area contributed by atoms with Gasteiger partial charge in [0.15, 0.2) is 6.61 Å². The molecule has 1 heterocycles. The molecule has 5 nitrogen and oxygen atoms in total. The van der Waals surface area contributed by atoms with Crippen LogP contribution < -0.4 is 10.1 Å². The Balaban J connectivity index is 1.74. The Morgan fingerprint density at radius 2 is 1.96 bits per heavy atom. The largest absolute Gasteiger partial charge is 0.484 e. The van der Waals surface area contributed by atoms with E-state index in [-0.39, 0.29) is 19.1 Å². The third-order valence-corrected chi connectivity index (χ3v) is 6.90. The number of carboxylic acid groups (broad SMARTS) is 1. The topological polar surface area (TPSA) is 75.6 Å². The second-order valence-electron chi connectivity index (χ2n) is 5.91. The molecule has 1 aliphatic heterocycles. The van der Waals surface area contributed by atoms with E-state index in [9.17, 15) is 9.59 Å². The summed E-state index contributed by atoms with van der Waals surface area (Å²) in [6.45, 7) is 1.96. The van der Waals surface area contributed by atoms with Crippen molar-refractivity contribution in [3.63, 3.8) is 0 Å². The van der Waals surface area contributed by atoms with Crippen LogP contribution in [0.15, 0.2) is 24.3 Å². The predicted octanol–water partition coefficient (Wildman–Crippen LogP) is 3.55. The Morgan fingerprint density at radius 1 is 1.28 bits per heavy atom. The molecule has 1 saturated heterocycles. The molecule has 0 bridgehead atoms. The first-order valence-corrected chi connectivity index (χ1v) is 10.7.